The molecule has 1 atom stereocenters. The lowest BCUT2D eigenvalue weighted by Crippen LogP contribution is -2.18. The summed E-state index contributed by atoms with van der Waals surface area (Å²) in [5.41, 5.74) is 1.32. The van der Waals surface area contributed by atoms with Crippen LogP contribution in [0, 0.1) is 6.92 Å². The molecule has 1 unspecified atom stereocenters. The fraction of sp³-hybridized carbons (Fsp3) is 0.158. The minimum atomic E-state index is -1.16. The number of furan rings is 1. The molecule has 0 fully saturated rings. The number of hydrogen-bond donors (Lipinski definition) is 1. The molecule has 0 aliphatic rings. The maximum Gasteiger partial charge on any atom is 0.349 e. The molecule has 0 bridgehead atoms. The second-order valence-corrected chi connectivity index (χ2v) is 5.43. The molecule has 0 aliphatic carbocycles. The van der Waals surface area contributed by atoms with Crippen LogP contribution in [0.3, 0.4) is 0 Å². The minimum absolute atomic E-state index is 0.300. The number of ether oxygens (including phenoxy) is 2. The van der Waals surface area contributed by atoms with Crippen LogP contribution in [-0.2, 0) is 9.53 Å². The number of carboxylic acid groups (broad SMARTS) is 1. The van der Waals surface area contributed by atoms with Gasteiger partial charge in [0.25, 0.3) is 0 Å². The first kappa shape index (κ1) is 16.6. The van der Waals surface area contributed by atoms with Gasteiger partial charge in [0, 0.05) is 10.9 Å². The van der Waals surface area contributed by atoms with E-state index in [2.05, 4.69) is 0 Å². The molecule has 0 radical (unpaired) electrons. The molecule has 0 aliphatic heterocycles. The van der Waals surface area contributed by atoms with Gasteiger partial charge in [0.1, 0.15) is 22.7 Å². The maximum atomic E-state index is 12.0. The van der Waals surface area contributed by atoms with E-state index in [4.69, 9.17) is 13.9 Å². The van der Waals surface area contributed by atoms with E-state index in [-0.39, 0.29) is 0 Å². The Morgan fingerprint density at radius 3 is 2.48 bits per heavy atom. The Bertz CT molecular complexity index is 926. The minimum Gasteiger partial charge on any atom is -0.478 e. The van der Waals surface area contributed by atoms with Crippen molar-refractivity contribution in [1.82, 2.24) is 0 Å². The zero-order chi connectivity index (χ0) is 18.0. The smallest absolute Gasteiger partial charge is 0.349 e. The number of methoxy groups -OCH3 is 1. The Labute approximate surface area is 143 Å². The molecule has 0 spiro atoms. The van der Waals surface area contributed by atoms with E-state index < -0.39 is 18.0 Å². The second-order valence-electron chi connectivity index (χ2n) is 5.43. The summed E-state index contributed by atoms with van der Waals surface area (Å²) in [5.74, 6) is -0.888. The van der Waals surface area contributed by atoms with E-state index in [0.29, 0.717) is 33.6 Å². The highest BCUT2D eigenvalue weighted by Gasteiger charge is 2.23. The van der Waals surface area contributed by atoms with Gasteiger partial charge in [0.2, 0.25) is 6.10 Å². The number of esters is 1. The fourth-order valence-electron chi connectivity index (χ4n) is 2.65. The topological polar surface area (TPSA) is 86.0 Å². The van der Waals surface area contributed by atoms with Crippen LogP contribution in [0.25, 0.3) is 11.0 Å². The first-order valence-electron chi connectivity index (χ1n) is 7.57. The van der Waals surface area contributed by atoms with E-state index in [1.165, 1.54) is 7.11 Å². The highest BCUT2D eigenvalue weighted by atomic mass is 16.5. The van der Waals surface area contributed by atoms with Gasteiger partial charge in [-0.1, -0.05) is 30.3 Å². The van der Waals surface area contributed by atoms with Crippen molar-refractivity contribution in [2.75, 3.05) is 7.11 Å². The molecule has 0 saturated carbocycles. The summed E-state index contributed by atoms with van der Waals surface area (Å²) in [4.78, 5) is 23.5. The van der Waals surface area contributed by atoms with Crippen molar-refractivity contribution in [3.05, 3.63) is 65.4 Å². The number of aryl methyl sites for hydroxylation is 1. The van der Waals surface area contributed by atoms with Gasteiger partial charge in [-0.05, 0) is 25.1 Å². The van der Waals surface area contributed by atoms with Crippen LogP contribution in [0.1, 0.15) is 27.8 Å². The highest BCUT2D eigenvalue weighted by molar-refractivity contribution is 6.04. The normalized spacial score (nSPS) is 11.9. The number of fused-ring (bicyclic) bond motifs is 1. The summed E-state index contributed by atoms with van der Waals surface area (Å²) in [6.07, 6.45) is -1.16. The van der Waals surface area contributed by atoms with Crippen molar-refractivity contribution in [1.29, 1.82) is 0 Å². The Hall–Kier alpha value is -3.28. The van der Waals surface area contributed by atoms with Gasteiger partial charge < -0.3 is 19.0 Å². The summed E-state index contributed by atoms with van der Waals surface area (Å²) >= 11 is 0. The van der Waals surface area contributed by atoms with Crippen molar-refractivity contribution in [3.8, 4) is 5.75 Å². The predicted molar refractivity (Wildman–Crippen MR) is 89.7 cm³/mol. The summed E-state index contributed by atoms with van der Waals surface area (Å²) in [6, 6.07) is 13.5. The molecule has 6 nitrogen and oxygen atoms in total. The standard InChI is InChI=1S/C19H16O6/c1-11-16(19(22)23-2)14-10-13(8-9-15(14)24-11)25-17(18(20)21)12-6-4-3-5-7-12/h3-10,17H,1-2H3,(H,20,21). The number of carbonyl (C=O) groups is 2. The Morgan fingerprint density at radius 1 is 1.12 bits per heavy atom. The fourth-order valence-corrected chi connectivity index (χ4v) is 2.65. The Morgan fingerprint density at radius 2 is 1.84 bits per heavy atom. The average molecular weight is 340 g/mol. The number of carboxylic acids is 1. The molecule has 6 heteroatoms. The number of carbonyl (C=O) groups excluding carboxylic acids is 1. The molecule has 0 amide bonds. The number of hydrogen-bond acceptors (Lipinski definition) is 5. The average Bonchev–Trinajstić information content (AvgIpc) is 2.94. The number of aliphatic carboxylic acids is 1. The molecule has 25 heavy (non-hydrogen) atoms. The van der Waals surface area contributed by atoms with E-state index in [9.17, 15) is 14.7 Å². The Kier molecular flexibility index (Phi) is 4.43. The lowest BCUT2D eigenvalue weighted by Gasteiger charge is -2.15. The molecule has 128 valence electrons. The molecule has 3 aromatic rings. The van der Waals surface area contributed by atoms with E-state index >= 15 is 0 Å². The third kappa shape index (κ3) is 3.19. The SMILES string of the molecule is COC(=O)c1c(C)oc2ccc(OC(C(=O)O)c3ccccc3)cc12. The van der Waals surface area contributed by atoms with E-state index in [1.807, 2.05) is 0 Å². The van der Waals surface area contributed by atoms with Crippen LogP contribution >= 0.6 is 0 Å². The van der Waals surface area contributed by atoms with Gasteiger partial charge in [-0.2, -0.15) is 0 Å². The van der Waals surface area contributed by atoms with Crippen LogP contribution < -0.4 is 4.74 Å². The van der Waals surface area contributed by atoms with Gasteiger partial charge in [0.15, 0.2) is 0 Å². The summed E-state index contributed by atoms with van der Waals surface area (Å²) < 4.78 is 16.0. The third-order valence-electron chi connectivity index (χ3n) is 3.81. The van der Waals surface area contributed by atoms with Crippen molar-refractivity contribution < 1.29 is 28.6 Å². The molecule has 3 rings (SSSR count). The van der Waals surface area contributed by atoms with Crippen molar-refractivity contribution >= 4 is 22.9 Å². The van der Waals surface area contributed by atoms with Crippen molar-refractivity contribution in [2.24, 2.45) is 0 Å². The molecule has 2 aromatic carbocycles. The van der Waals surface area contributed by atoms with Crippen LogP contribution in [0.15, 0.2) is 52.9 Å². The third-order valence-corrected chi connectivity index (χ3v) is 3.81. The predicted octanol–water partition coefficient (Wildman–Crippen LogP) is 3.73. The van der Waals surface area contributed by atoms with Crippen LogP contribution in [0.2, 0.25) is 0 Å². The first-order valence-corrected chi connectivity index (χ1v) is 7.57. The monoisotopic (exact) mass is 340 g/mol. The zero-order valence-electron chi connectivity index (χ0n) is 13.7. The largest absolute Gasteiger partial charge is 0.478 e. The van der Waals surface area contributed by atoms with Gasteiger partial charge in [-0.3, -0.25) is 0 Å². The van der Waals surface area contributed by atoms with Crippen LogP contribution in [-0.4, -0.2) is 24.2 Å². The quantitative estimate of drug-likeness (QED) is 0.712. The maximum absolute atomic E-state index is 12.0. The lowest BCUT2D eigenvalue weighted by molar-refractivity contribution is -0.145. The molecule has 1 heterocycles. The van der Waals surface area contributed by atoms with Gasteiger partial charge >= 0.3 is 11.9 Å². The number of rotatable bonds is 5. The molecule has 1 aromatic heterocycles. The molecular formula is C19H16O6. The van der Waals surface area contributed by atoms with Gasteiger partial charge in [0.05, 0.1) is 7.11 Å². The summed E-state index contributed by atoms with van der Waals surface area (Å²) in [5, 5.41) is 9.98. The number of benzene rings is 2. The first-order chi connectivity index (χ1) is 12.0. The highest BCUT2D eigenvalue weighted by Crippen LogP contribution is 2.31. The van der Waals surface area contributed by atoms with Crippen molar-refractivity contribution in [2.45, 2.75) is 13.0 Å². The summed E-state index contributed by atoms with van der Waals surface area (Å²) in [7, 11) is 1.29. The van der Waals surface area contributed by atoms with Gasteiger partial charge in [-0.25, -0.2) is 9.59 Å². The molecular weight excluding hydrogens is 324 g/mol. The van der Waals surface area contributed by atoms with E-state index in [1.54, 1.807) is 55.5 Å². The Balaban J connectivity index is 2.01. The van der Waals surface area contributed by atoms with E-state index in [0.717, 1.165) is 0 Å². The molecule has 1 N–H and O–H groups in total. The van der Waals surface area contributed by atoms with Gasteiger partial charge in [-0.15, -0.1) is 0 Å². The van der Waals surface area contributed by atoms with Crippen LogP contribution in [0.5, 0.6) is 5.75 Å². The van der Waals surface area contributed by atoms with Crippen LogP contribution in [0.4, 0.5) is 0 Å². The molecule has 0 saturated heterocycles. The summed E-state index contributed by atoms with van der Waals surface area (Å²) in [6.45, 7) is 1.66. The zero-order valence-corrected chi connectivity index (χ0v) is 13.7. The lowest BCUT2D eigenvalue weighted by atomic mass is 10.1. The second kappa shape index (κ2) is 6.68. The van der Waals surface area contributed by atoms with Crippen molar-refractivity contribution in [3.63, 3.8) is 0 Å².